The number of ether oxygens (including phenoxy) is 3. The molecular weight excluding hydrogens is 770 g/mol. The number of hydrogen-bond donors (Lipinski definition) is 2. The number of fused-ring (bicyclic) bond motifs is 3. The van der Waals surface area contributed by atoms with E-state index in [1.165, 1.54) is 29.0 Å². The number of aromatic nitrogens is 5. The lowest BCUT2D eigenvalue weighted by molar-refractivity contribution is -0.136. The summed E-state index contributed by atoms with van der Waals surface area (Å²) in [6.45, 7) is 4.22. The van der Waals surface area contributed by atoms with Crippen molar-refractivity contribution in [1.82, 2.24) is 39.5 Å². The van der Waals surface area contributed by atoms with Gasteiger partial charge in [0.2, 0.25) is 11.8 Å². The van der Waals surface area contributed by atoms with Crippen LogP contribution in [-0.4, -0.2) is 116 Å². The molecule has 1 aliphatic carbocycles. The van der Waals surface area contributed by atoms with Crippen LogP contribution in [0.1, 0.15) is 75.6 Å². The number of halogens is 1. The summed E-state index contributed by atoms with van der Waals surface area (Å²) in [4.78, 5) is 70.9. The van der Waals surface area contributed by atoms with Gasteiger partial charge in [0, 0.05) is 49.9 Å². The van der Waals surface area contributed by atoms with Crippen molar-refractivity contribution in [2.45, 2.75) is 50.6 Å². The van der Waals surface area contributed by atoms with Gasteiger partial charge in [0.05, 0.1) is 65.6 Å². The fourth-order valence-corrected chi connectivity index (χ4v) is 7.77. The van der Waals surface area contributed by atoms with E-state index in [0.29, 0.717) is 59.2 Å². The molecule has 0 spiro atoms. The van der Waals surface area contributed by atoms with Crippen molar-refractivity contribution in [2.24, 2.45) is 5.92 Å². The third kappa shape index (κ3) is 7.71. The van der Waals surface area contributed by atoms with E-state index in [0.717, 1.165) is 61.1 Å². The van der Waals surface area contributed by atoms with Crippen LogP contribution in [0.2, 0.25) is 5.02 Å². The number of carbonyl (C=O) groups excluding carboxylic acids is 5. The smallest absolute Gasteiger partial charge is 0.262 e. The molecule has 3 fully saturated rings. The molecule has 9 rings (SSSR count). The molecular formula is C40H40ClN9O8. The number of nitrogens with zero attached hydrogens (tertiary/aromatic N) is 7. The average molecular weight is 810 g/mol. The van der Waals surface area contributed by atoms with E-state index in [-0.39, 0.29) is 42.5 Å². The number of imide groups is 2. The zero-order valence-corrected chi connectivity index (χ0v) is 32.2. The summed E-state index contributed by atoms with van der Waals surface area (Å²) in [5, 5.41) is 15.7. The maximum atomic E-state index is 13.4. The van der Waals surface area contributed by atoms with Crippen LogP contribution in [0.15, 0.2) is 55.1 Å². The quantitative estimate of drug-likeness (QED) is 0.122. The summed E-state index contributed by atoms with van der Waals surface area (Å²) in [6.07, 6.45) is 10.8. The predicted octanol–water partition coefficient (Wildman–Crippen LogP) is 3.91. The number of carbonyl (C=O) groups is 5. The van der Waals surface area contributed by atoms with Crippen LogP contribution < -0.4 is 20.1 Å². The highest BCUT2D eigenvalue weighted by atomic mass is 35.5. The minimum absolute atomic E-state index is 0.0608. The highest BCUT2D eigenvalue weighted by Gasteiger charge is 2.44. The second-order valence-corrected chi connectivity index (χ2v) is 15.4. The maximum Gasteiger partial charge on any atom is 0.262 e. The number of anilines is 1. The Morgan fingerprint density at radius 3 is 2.55 bits per heavy atom. The number of benzene rings is 2. The third-order valence-corrected chi connectivity index (χ3v) is 11.2. The first kappa shape index (κ1) is 37.7. The molecule has 6 heterocycles. The Morgan fingerprint density at radius 1 is 0.914 bits per heavy atom. The van der Waals surface area contributed by atoms with Crippen LogP contribution in [0.25, 0.3) is 16.6 Å². The van der Waals surface area contributed by atoms with Crippen molar-refractivity contribution in [3.8, 4) is 11.5 Å². The first-order valence-electron chi connectivity index (χ1n) is 19.4. The van der Waals surface area contributed by atoms with Crippen LogP contribution in [0.4, 0.5) is 5.69 Å². The largest absolute Gasteiger partial charge is 0.491 e. The zero-order chi connectivity index (χ0) is 39.9. The van der Waals surface area contributed by atoms with E-state index in [2.05, 4.69) is 25.6 Å². The van der Waals surface area contributed by atoms with E-state index in [1.54, 1.807) is 12.3 Å². The van der Waals surface area contributed by atoms with Gasteiger partial charge in [0.1, 0.15) is 29.7 Å². The second kappa shape index (κ2) is 15.8. The van der Waals surface area contributed by atoms with E-state index < -0.39 is 29.7 Å². The van der Waals surface area contributed by atoms with Gasteiger partial charge in [-0.1, -0.05) is 11.6 Å². The lowest BCUT2D eigenvalue weighted by Crippen LogP contribution is -2.54. The fourth-order valence-electron chi connectivity index (χ4n) is 7.63. The van der Waals surface area contributed by atoms with Gasteiger partial charge in [-0.3, -0.25) is 38.9 Å². The molecule has 3 aliphatic heterocycles. The highest BCUT2D eigenvalue weighted by molar-refractivity contribution is 6.30. The molecule has 300 valence electrons. The number of amides is 5. The summed E-state index contributed by atoms with van der Waals surface area (Å²) in [5.41, 5.74) is 2.44. The van der Waals surface area contributed by atoms with Crippen molar-refractivity contribution >= 4 is 63.4 Å². The molecule has 5 amide bonds. The van der Waals surface area contributed by atoms with Crippen LogP contribution in [0, 0.1) is 5.92 Å². The zero-order valence-electron chi connectivity index (χ0n) is 31.4. The van der Waals surface area contributed by atoms with Crippen LogP contribution >= 0.6 is 11.6 Å². The van der Waals surface area contributed by atoms with Crippen molar-refractivity contribution in [3.63, 3.8) is 0 Å². The molecule has 2 saturated heterocycles. The second-order valence-electron chi connectivity index (χ2n) is 15.0. The highest BCUT2D eigenvalue weighted by Crippen LogP contribution is 2.36. The van der Waals surface area contributed by atoms with Crippen molar-refractivity contribution in [1.29, 1.82) is 0 Å². The molecule has 5 aromatic rings. The SMILES string of the molecule is O=C1CCC(N2C(=O)c3ccc(OCCOCCN4CCC(n5cc6cc(NC(=O)c7cnn8cc(Cl)cnc78)c(OCC7CC7)cc6n5)CC4)cc3C2=O)C(=O)N1. The Balaban J connectivity index is 0.748. The molecule has 18 heteroatoms. The van der Waals surface area contributed by atoms with Gasteiger partial charge in [-0.2, -0.15) is 10.2 Å². The Labute approximate surface area is 336 Å². The Morgan fingerprint density at radius 2 is 1.74 bits per heavy atom. The number of likely N-dealkylation sites (tertiary alicyclic amines) is 1. The van der Waals surface area contributed by atoms with E-state index >= 15 is 0 Å². The first-order valence-corrected chi connectivity index (χ1v) is 19.8. The van der Waals surface area contributed by atoms with Crippen molar-refractivity contribution in [2.75, 3.05) is 51.4 Å². The number of rotatable bonds is 14. The number of piperidine rings is 2. The molecule has 0 radical (unpaired) electrons. The molecule has 2 N–H and O–H groups in total. The van der Waals surface area contributed by atoms with E-state index in [4.69, 9.17) is 30.9 Å². The standard InChI is InChI=1S/C40H40ClN9O8/c41-25-18-42-36-30(19-43-49(36)21-25)37(52)44-32-15-24-20-48(46-31(24)17-34(32)58-22-23-1-2-23)26-7-9-47(10-8-26)11-12-56-13-14-57-27-3-4-28-29(16-27)40(55)50(39(28)54)33-5-6-35(51)45-38(33)53/h3-4,15-21,23,26,33H,1-2,5-14,22H2,(H,44,52)(H,45,51,53). The van der Waals surface area contributed by atoms with Gasteiger partial charge < -0.3 is 24.4 Å². The van der Waals surface area contributed by atoms with Gasteiger partial charge in [-0.25, -0.2) is 9.50 Å². The van der Waals surface area contributed by atoms with Crippen molar-refractivity contribution < 1.29 is 38.2 Å². The molecule has 0 bridgehead atoms. The minimum atomic E-state index is -1.02. The number of nitrogens with one attached hydrogen (secondary N) is 2. The van der Waals surface area contributed by atoms with Gasteiger partial charge >= 0.3 is 0 Å². The molecule has 2 aromatic carbocycles. The van der Waals surface area contributed by atoms with Crippen LogP contribution in [0.3, 0.4) is 0 Å². The van der Waals surface area contributed by atoms with Crippen molar-refractivity contribution in [3.05, 3.63) is 76.8 Å². The number of hydrogen-bond acceptors (Lipinski definition) is 12. The van der Waals surface area contributed by atoms with Gasteiger partial charge in [0.25, 0.3) is 17.7 Å². The Bertz CT molecular complexity index is 2450. The van der Waals surface area contributed by atoms with Gasteiger partial charge in [-0.15, -0.1) is 0 Å². The molecule has 1 unspecified atom stereocenters. The maximum absolute atomic E-state index is 13.4. The lowest BCUT2D eigenvalue weighted by atomic mass is 10.0. The van der Waals surface area contributed by atoms with E-state index in [1.807, 2.05) is 23.0 Å². The fraction of sp³-hybridized carbons (Fsp3) is 0.400. The third-order valence-electron chi connectivity index (χ3n) is 11.0. The molecule has 1 saturated carbocycles. The van der Waals surface area contributed by atoms with Crippen LogP contribution in [-0.2, 0) is 14.3 Å². The topological polar surface area (TPSA) is 192 Å². The lowest BCUT2D eigenvalue weighted by Gasteiger charge is -2.31. The molecule has 3 aromatic heterocycles. The monoisotopic (exact) mass is 809 g/mol. The molecule has 17 nitrogen and oxygen atoms in total. The molecule has 58 heavy (non-hydrogen) atoms. The molecule has 1 atom stereocenters. The van der Waals surface area contributed by atoms with Gasteiger partial charge in [0.15, 0.2) is 5.65 Å². The summed E-state index contributed by atoms with van der Waals surface area (Å²) in [7, 11) is 0. The Kier molecular flexibility index (Phi) is 10.3. The summed E-state index contributed by atoms with van der Waals surface area (Å²) < 4.78 is 21.4. The average Bonchev–Trinajstić information content (AvgIpc) is 3.72. The van der Waals surface area contributed by atoms with Crippen LogP contribution in [0.5, 0.6) is 11.5 Å². The first-order chi connectivity index (χ1) is 28.2. The summed E-state index contributed by atoms with van der Waals surface area (Å²) in [5.74, 6) is -1.05. The van der Waals surface area contributed by atoms with Gasteiger partial charge in [-0.05, 0) is 62.3 Å². The normalized spacial score (nSPS) is 18.9. The minimum Gasteiger partial charge on any atom is -0.491 e. The Hall–Kier alpha value is -5.91. The van der Waals surface area contributed by atoms with E-state index in [9.17, 15) is 24.0 Å². The predicted molar refractivity (Wildman–Crippen MR) is 208 cm³/mol. The summed E-state index contributed by atoms with van der Waals surface area (Å²) in [6, 6.07) is 7.65. The molecule has 4 aliphatic rings. The summed E-state index contributed by atoms with van der Waals surface area (Å²) >= 11 is 6.05.